The van der Waals surface area contributed by atoms with Crippen molar-refractivity contribution in [1.29, 1.82) is 0 Å². The summed E-state index contributed by atoms with van der Waals surface area (Å²) in [6.45, 7) is 5.11. The number of H-pyrrole nitrogens is 1. The van der Waals surface area contributed by atoms with Crippen molar-refractivity contribution < 1.29 is 23.4 Å². The van der Waals surface area contributed by atoms with E-state index in [1.54, 1.807) is 19.2 Å². The number of carboxylic acid groups (broad SMARTS) is 1. The van der Waals surface area contributed by atoms with Crippen molar-refractivity contribution in [3.8, 4) is 5.75 Å². The van der Waals surface area contributed by atoms with E-state index >= 15 is 0 Å². The van der Waals surface area contributed by atoms with Crippen molar-refractivity contribution in [2.75, 3.05) is 33.3 Å². The van der Waals surface area contributed by atoms with Gasteiger partial charge in [0.1, 0.15) is 5.75 Å². The summed E-state index contributed by atoms with van der Waals surface area (Å²) in [6.07, 6.45) is 1.90. The Kier molecular flexibility index (Phi) is 5.81. The highest BCUT2D eigenvalue weighted by molar-refractivity contribution is 5.88. The monoisotopic (exact) mass is 469 g/mol. The number of aromatic carboxylic acids is 1. The Morgan fingerprint density at radius 1 is 1.24 bits per heavy atom. The number of aryl methyl sites for hydroxylation is 1. The Labute approximate surface area is 197 Å². The Bertz CT molecular complexity index is 1210. The molecule has 0 spiro atoms. The highest BCUT2D eigenvalue weighted by Gasteiger charge is 2.57. The zero-order valence-electron chi connectivity index (χ0n) is 19.4. The van der Waals surface area contributed by atoms with Crippen molar-refractivity contribution >= 4 is 16.9 Å². The zero-order valence-corrected chi connectivity index (χ0v) is 19.4. The minimum atomic E-state index is -2.54. The van der Waals surface area contributed by atoms with Gasteiger partial charge in [-0.25, -0.2) is 13.6 Å². The fourth-order valence-corrected chi connectivity index (χ4v) is 5.16. The maximum absolute atomic E-state index is 13.6. The molecule has 2 heterocycles. The average Bonchev–Trinajstić information content (AvgIpc) is 3.19. The maximum Gasteiger partial charge on any atom is 0.335 e. The zero-order chi connectivity index (χ0) is 24.0. The molecule has 1 aliphatic carbocycles. The van der Waals surface area contributed by atoms with E-state index in [0.29, 0.717) is 32.7 Å². The lowest BCUT2D eigenvalue weighted by Crippen LogP contribution is -2.48. The van der Waals surface area contributed by atoms with Crippen molar-refractivity contribution in [2.45, 2.75) is 31.9 Å². The molecule has 2 unspecified atom stereocenters. The van der Waals surface area contributed by atoms with Gasteiger partial charge in [-0.2, -0.15) is 0 Å². The highest BCUT2D eigenvalue weighted by Crippen LogP contribution is 2.49. The lowest BCUT2D eigenvalue weighted by Gasteiger charge is -2.42. The Hall–Kier alpha value is -2.97. The van der Waals surface area contributed by atoms with Crippen LogP contribution in [-0.2, 0) is 6.54 Å². The van der Waals surface area contributed by atoms with Crippen LogP contribution in [0.1, 0.15) is 39.5 Å². The number of piperazine rings is 1. The number of nitrogens with zero attached hydrogens (tertiary/aromatic N) is 2. The number of carboxylic acids is 1. The lowest BCUT2D eigenvalue weighted by atomic mass is 9.98. The summed E-state index contributed by atoms with van der Waals surface area (Å²) in [5.41, 5.74) is 4.48. The maximum atomic E-state index is 13.6. The smallest absolute Gasteiger partial charge is 0.335 e. The molecule has 0 radical (unpaired) electrons. The number of nitrogens with one attached hydrogen (secondary N) is 1. The summed E-state index contributed by atoms with van der Waals surface area (Å²) in [5.74, 6) is -3.25. The van der Waals surface area contributed by atoms with E-state index in [-0.39, 0.29) is 18.0 Å². The second kappa shape index (κ2) is 8.67. The number of methoxy groups -OCH3 is 1. The summed E-state index contributed by atoms with van der Waals surface area (Å²) >= 11 is 0. The fraction of sp³-hybridized carbons (Fsp3) is 0.423. The Morgan fingerprint density at radius 3 is 2.62 bits per heavy atom. The van der Waals surface area contributed by atoms with Crippen LogP contribution in [0.2, 0.25) is 0 Å². The van der Waals surface area contributed by atoms with E-state index < -0.39 is 17.8 Å². The number of fused-ring (bicyclic) bond motifs is 1. The van der Waals surface area contributed by atoms with Gasteiger partial charge in [-0.1, -0.05) is 12.1 Å². The molecule has 1 aromatic heterocycles. The van der Waals surface area contributed by atoms with Gasteiger partial charge in [-0.05, 0) is 42.3 Å². The molecule has 2 atom stereocenters. The van der Waals surface area contributed by atoms with Crippen LogP contribution >= 0.6 is 0 Å². The standard InChI is InChI=1S/C26H29F2N3O3/c1-16-11-23(34-2)21(20-7-8-29-24(16)20)14-31-10-9-30(13-19-12-26(19,27)28)15-22(31)17-3-5-18(6-4-17)25(32)33/h3-8,11,19,22,29H,9-10,12-15H2,1-2H3,(H,32,33). The number of halogens is 2. The predicted octanol–water partition coefficient (Wildman–Crippen LogP) is 4.70. The molecule has 0 bridgehead atoms. The van der Waals surface area contributed by atoms with Gasteiger partial charge in [0, 0.05) is 73.8 Å². The number of alkyl halides is 2. The van der Waals surface area contributed by atoms with Gasteiger partial charge in [-0.3, -0.25) is 9.80 Å². The lowest BCUT2D eigenvalue weighted by molar-refractivity contribution is 0.0457. The first-order valence-electron chi connectivity index (χ1n) is 11.6. The molecule has 2 aliphatic rings. The molecule has 1 aliphatic heterocycles. The van der Waals surface area contributed by atoms with Gasteiger partial charge in [0.25, 0.3) is 5.92 Å². The number of carbonyl (C=O) groups is 1. The van der Waals surface area contributed by atoms with E-state index in [4.69, 9.17) is 4.74 Å². The van der Waals surface area contributed by atoms with Crippen LogP contribution in [0, 0.1) is 12.8 Å². The third-order valence-electron chi connectivity index (χ3n) is 7.24. The second-order valence-corrected chi connectivity index (χ2v) is 9.48. The number of rotatable bonds is 7. The molecule has 1 saturated heterocycles. The number of hydrogen-bond donors (Lipinski definition) is 2. The summed E-state index contributed by atoms with van der Waals surface area (Å²) in [7, 11) is 1.67. The summed E-state index contributed by atoms with van der Waals surface area (Å²) < 4.78 is 32.9. The molecular weight excluding hydrogens is 440 g/mol. The summed E-state index contributed by atoms with van der Waals surface area (Å²) in [4.78, 5) is 19.1. The number of aromatic nitrogens is 1. The van der Waals surface area contributed by atoms with Crippen molar-refractivity contribution in [3.63, 3.8) is 0 Å². The molecule has 8 heteroatoms. The molecule has 1 saturated carbocycles. The molecule has 5 rings (SSSR count). The average molecular weight is 470 g/mol. The quantitative estimate of drug-likeness (QED) is 0.525. The third kappa shape index (κ3) is 4.28. The molecule has 2 aromatic carbocycles. The van der Waals surface area contributed by atoms with Crippen molar-refractivity contribution in [3.05, 3.63) is 64.8 Å². The first-order chi connectivity index (χ1) is 16.3. The van der Waals surface area contributed by atoms with E-state index in [2.05, 4.69) is 20.9 Å². The first-order valence-corrected chi connectivity index (χ1v) is 11.6. The van der Waals surface area contributed by atoms with E-state index in [1.165, 1.54) is 0 Å². The van der Waals surface area contributed by atoms with Crippen LogP contribution in [0.4, 0.5) is 8.78 Å². The van der Waals surface area contributed by atoms with Crippen LogP contribution in [0.15, 0.2) is 42.6 Å². The minimum absolute atomic E-state index is 0.0305. The highest BCUT2D eigenvalue weighted by atomic mass is 19.3. The van der Waals surface area contributed by atoms with Crippen LogP contribution in [0.5, 0.6) is 5.75 Å². The van der Waals surface area contributed by atoms with Crippen molar-refractivity contribution in [2.24, 2.45) is 5.92 Å². The van der Waals surface area contributed by atoms with E-state index in [1.807, 2.05) is 31.3 Å². The van der Waals surface area contributed by atoms with Crippen LogP contribution < -0.4 is 4.74 Å². The summed E-state index contributed by atoms with van der Waals surface area (Å²) in [5, 5.41) is 10.4. The van der Waals surface area contributed by atoms with Gasteiger partial charge in [-0.15, -0.1) is 0 Å². The Balaban J connectivity index is 1.45. The topological polar surface area (TPSA) is 68.8 Å². The number of ether oxygens (including phenoxy) is 1. The largest absolute Gasteiger partial charge is 0.496 e. The summed E-state index contributed by atoms with van der Waals surface area (Å²) in [6, 6.07) is 11.0. The molecular formula is C26H29F2N3O3. The normalized spacial score (nSPS) is 22.7. The first kappa shape index (κ1) is 22.8. The van der Waals surface area contributed by atoms with Gasteiger partial charge < -0.3 is 14.8 Å². The fourth-order valence-electron chi connectivity index (χ4n) is 5.16. The van der Waals surface area contributed by atoms with E-state index in [9.17, 15) is 18.7 Å². The number of hydrogen-bond acceptors (Lipinski definition) is 4. The molecule has 34 heavy (non-hydrogen) atoms. The molecule has 3 aromatic rings. The van der Waals surface area contributed by atoms with Gasteiger partial charge in [0.2, 0.25) is 0 Å². The van der Waals surface area contributed by atoms with Gasteiger partial charge in [0.05, 0.1) is 12.7 Å². The van der Waals surface area contributed by atoms with Crippen LogP contribution in [0.25, 0.3) is 10.9 Å². The van der Waals surface area contributed by atoms with E-state index in [0.717, 1.165) is 33.3 Å². The van der Waals surface area contributed by atoms with Crippen LogP contribution in [-0.4, -0.2) is 65.1 Å². The third-order valence-corrected chi connectivity index (χ3v) is 7.24. The minimum Gasteiger partial charge on any atom is -0.496 e. The Morgan fingerprint density at radius 2 is 1.97 bits per heavy atom. The predicted molar refractivity (Wildman–Crippen MR) is 126 cm³/mol. The SMILES string of the molecule is COc1cc(C)c2[nH]ccc2c1CN1CCN(CC2CC2(F)F)CC1c1ccc(C(=O)O)cc1. The molecule has 2 fully saturated rings. The molecule has 180 valence electrons. The molecule has 2 N–H and O–H groups in total. The number of benzene rings is 2. The molecule has 6 nitrogen and oxygen atoms in total. The van der Waals surface area contributed by atoms with Crippen LogP contribution in [0.3, 0.4) is 0 Å². The van der Waals surface area contributed by atoms with Gasteiger partial charge >= 0.3 is 5.97 Å². The number of aromatic amines is 1. The van der Waals surface area contributed by atoms with Crippen molar-refractivity contribution in [1.82, 2.24) is 14.8 Å². The second-order valence-electron chi connectivity index (χ2n) is 9.48. The molecule has 0 amide bonds. The van der Waals surface area contributed by atoms with Gasteiger partial charge in [0.15, 0.2) is 0 Å².